The summed E-state index contributed by atoms with van der Waals surface area (Å²) in [6, 6.07) is 12.1. The molecule has 0 radical (unpaired) electrons. The lowest BCUT2D eigenvalue weighted by atomic mass is 10.1. The fourth-order valence-electron chi connectivity index (χ4n) is 2.29. The predicted molar refractivity (Wildman–Crippen MR) is 85.5 cm³/mol. The molecule has 2 aromatic carbocycles. The molecule has 0 saturated carbocycles. The van der Waals surface area contributed by atoms with Gasteiger partial charge in [-0.2, -0.15) is 0 Å². The minimum atomic E-state index is -3.51. The summed E-state index contributed by atoms with van der Waals surface area (Å²) in [4.78, 5) is 12.4. The largest absolute Gasteiger partial charge is 0.496 e. The fourth-order valence-corrected chi connectivity index (χ4v) is 3.42. The SMILES string of the molecule is COc1cc2c(cc1C(=O)C=Cc1ccccc1)S(=O)(=O)CO2. The fraction of sp³-hybridized carbons (Fsp3) is 0.118. The van der Waals surface area contributed by atoms with Gasteiger partial charge >= 0.3 is 0 Å². The second kappa shape index (κ2) is 5.89. The van der Waals surface area contributed by atoms with Gasteiger partial charge in [0.25, 0.3) is 0 Å². The van der Waals surface area contributed by atoms with Crippen molar-refractivity contribution in [2.24, 2.45) is 0 Å². The molecule has 0 fully saturated rings. The number of hydrogen-bond acceptors (Lipinski definition) is 5. The van der Waals surface area contributed by atoms with Crippen molar-refractivity contribution in [2.75, 3.05) is 13.0 Å². The number of fused-ring (bicyclic) bond motifs is 1. The second-order valence-electron chi connectivity index (χ2n) is 4.98. The van der Waals surface area contributed by atoms with E-state index in [4.69, 9.17) is 9.47 Å². The first-order valence-corrected chi connectivity index (χ1v) is 8.51. The van der Waals surface area contributed by atoms with Gasteiger partial charge in [-0.25, -0.2) is 8.42 Å². The third-order valence-corrected chi connectivity index (χ3v) is 4.88. The van der Waals surface area contributed by atoms with Crippen LogP contribution in [0, 0.1) is 0 Å². The van der Waals surface area contributed by atoms with E-state index in [-0.39, 0.29) is 27.7 Å². The quantitative estimate of drug-likeness (QED) is 0.637. The van der Waals surface area contributed by atoms with Crippen molar-refractivity contribution >= 4 is 21.7 Å². The molecule has 23 heavy (non-hydrogen) atoms. The third-order valence-electron chi connectivity index (χ3n) is 3.46. The van der Waals surface area contributed by atoms with Crippen LogP contribution in [0.4, 0.5) is 0 Å². The first kappa shape index (κ1) is 15.3. The van der Waals surface area contributed by atoms with Crippen LogP contribution in [0.2, 0.25) is 0 Å². The van der Waals surface area contributed by atoms with Crippen LogP contribution in [-0.4, -0.2) is 27.2 Å². The van der Waals surface area contributed by atoms with E-state index in [1.54, 1.807) is 6.08 Å². The Morgan fingerprint density at radius 3 is 2.65 bits per heavy atom. The molecular weight excluding hydrogens is 316 g/mol. The van der Waals surface area contributed by atoms with Crippen molar-refractivity contribution < 1.29 is 22.7 Å². The van der Waals surface area contributed by atoms with E-state index in [1.165, 1.54) is 25.3 Å². The number of carbonyl (C=O) groups is 1. The Kier molecular flexibility index (Phi) is 3.92. The van der Waals surface area contributed by atoms with Crippen molar-refractivity contribution in [3.63, 3.8) is 0 Å². The van der Waals surface area contributed by atoms with Crippen LogP contribution in [0.25, 0.3) is 6.08 Å². The summed E-state index contributed by atoms with van der Waals surface area (Å²) in [7, 11) is -2.09. The molecule has 0 saturated heterocycles. The summed E-state index contributed by atoms with van der Waals surface area (Å²) in [6.45, 7) is 0. The van der Waals surface area contributed by atoms with E-state index in [2.05, 4.69) is 0 Å². The molecule has 1 heterocycles. The Labute approximate surface area is 134 Å². The first-order chi connectivity index (χ1) is 11.0. The average molecular weight is 330 g/mol. The van der Waals surface area contributed by atoms with Crippen LogP contribution in [0.5, 0.6) is 11.5 Å². The van der Waals surface area contributed by atoms with Gasteiger partial charge in [-0.3, -0.25) is 4.79 Å². The number of sulfone groups is 1. The lowest BCUT2D eigenvalue weighted by Gasteiger charge is -2.07. The van der Waals surface area contributed by atoms with Gasteiger partial charge in [0.15, 0.2) is 11.7 Å². The van der Waals surface area contributed by atoms with E-state index in [0.29, 0.717) is 0 Å². The molecule has 3 rings (SSSR count). The summed E-state index contributed by atoms with van der Waals surface area (Å²) in [5.41, 5.74) is 1.06. The summed E-state index contributed by atoms with van der Waals surface area (Å²) < 4.78 is 34.1. The Morgan fingerprint density at radius 1 is 1.22 bits per heavy atom. The molecule has 6 heteroatoms. The van der Waals surface area contributed by atoms with E-state index in [1.807, 2.05) is 30.3 Å². The van der Waals surface area contributed by atoms with Gasteiger partial charge in [0.2, 0.25) is 9.84 Å². The highest BCUT2D eigenvalue weighted by Gasteiger charge is 2.30. The molecule has 118 valence electrons. The molecule has 0 unspecified atom stereocenters. The molecule has 0 atom stereocenters. The lowest BCUT2D eigenvalue weighted by molar-refractivity contribution is 0.104. The Hall–Kier alpha value is -2.60. The van der Waals surface area contributed by atoms with Crippen molar-refractivity contribution in [3.8, 4) is 11.5 Å². The Morgan fingerprint density at radius 2 is 1.96 bits per heavy atom. The van der Waals surface area contributed by atoms with Crippen LogP contribution in [0.1, 0.15) is 15.9 Å². The zero-order chi connectivity index (χ0) is 16.4. The van der Waals surface area contributed by atoms with Gasteiger partial charge < -0.3 is 9.47 Å². The normalized spacial score (nSPS) is 15.2. The van der Waals surface area contributed by atoms with Crippen LogP contribution < -0.4 is 9.47 Å². The average Bonchev–Trinajstić information content (AvgIpc) is 2.87. The minimum Gasteiger partial charge on any atom is -0.496 e. The Balaban J connectivity index is 1.99. The number of methoxy groups -OCH3 is 1. The van der Waals surface area contributed by atoms with Crippen molar-refractivity contribution in [2.45, 2.75) is 4.90 Å². The molecule has 1 aliphatic rings. The lowest BCUT2D eigenvalue weighted by Crippen LogP contribution is -2.03. The molecule has 5 nitrogen and oxygen atoms in total. The van der Waals surface area contributed by atoms with E-state index in [9.17, 15) is 13.2 Å². The van der Waals surface area contributed by atoms with Gasteiger partial charge in [0.05, 0.1) is 12.7 Å². The smallest absolute Gasteiger partial charge is 0.216 e. The molecule has 0 N–H and O–H groups in total. The second-order valence-corrected chi connectivity index (χ2v) is 6.89. The van der Waals surface area contributed by atoms with Crippen LogP contribution in [0.3, 0.4) is 0 Å². The molecule has 1 aliphatic heterocycles. The highest BCUT2D eigenvalue weighted by atomic mass is 32.2. The number of benzene rings is 2. The molecule has 0 bridgehead atoms. The van der Waals surface area contributed by atoms with E-state index in [0.717, 1.165) is 5.56 Å². The number of ketones is 1. The first-order valence-electron chi connectivity index (χ1n) is 6.86. The van der Waals surface area contributed by atoms with E-state index < -0.39 is 15.8 Å². The number of carbonyl (C=O) groups excluding carboxylic acids is 1. The van der Waals surface area contributed by atoms with Gasteiger partial charge in [-0.15, -0.1) is 0 Å². The third kappa shape index (κ3) is 2.98. The summed E-state index contributed by atoms with van der Waals surface area (Å²) in [6.07, 6.45) is 3.06. The molecule has 0 aliphatic carbocycles. The number of allylic oxidation sites excluding steroid dienone is 1. The van der Waals surface area contributed by atoms with Crippen molar-refractivity contribution in [3.05, 3.63) is 59.7 Å². The predicted octanol–water partition coefficient (Wildman–Crippen LogP) is 2.71. The summed E-state index contributed by atoms with van der Waals surface area (Å²) >= 11 is 0. The number of rotatable bonds is 4. The van der Waals surface area contributed by atoms with E-state index >= 15 is 0 Å². The zero-order valence-corrected chi connectivity index (χ0v) is 13.2. The van der Waals surface area contributed by atoms with Crippen molar-refractivity contribution in [1.29, 1.82) is 0 Å². The maximum absolute atomic E-state index is 12.4. The van der Waals surface area contributed by atoms with Crippen molar-refractivity contribution in [1.82, 2.24) is 0 Å². The molecule has 0 amide bonds. The topological polar surface area (TPSA) is 69.7 Å². The zero-order valence-electron chi connectivity index (χ0n) is 12.4. The van der Waals surface area contributed by atoms with Gasteiger partial charge in [-0.1, -0.05) is 36.4 Å². The highest BCUT2D eigenvalue weighted by molar-refractivity contribution is 7.91. The van der Waals surface area contributed by atoms with Gasteiger partial charge in [0.1, 0.15) is 16.4 Å². The van der Waals surface area contributed by atoms with Gasteiger partial charge in [0, 0.05) is 6.07 Å². The summed E-state index contributed by atoms with van der Waals surface area (Å²) in [5.74, 6) is -0.257. The molecule has 0 aromatic heterocycles. The standard InChI is InChI=1S/C17H14O5S/c1-21-15-10-16-17(23(19,20)11-22-16)9-13(15)14(18)8-7-12-5-3-2-4-6-12/h2-10H,11H2,1H3. The van der Waals surface area contributed by atoms with Crippen LogP contribution >= 0.6 is 0 Å². The molecule has 0 spiro atoms. The minimum absolute atomic E-state index is 0.0229. The van der Waals surface area contributed by atoms with Crippen LogP contribution in [-0.2, 0) is 9.84 Å². The number of ether oxygens (including phenoxy) is 2. The monoisotopic (exact) mass is 330 g/mol. The molecule has 2 aromatic rings. The van der Waals surface area contributed by atoms with Gasteiger partial charge in [-0.05, 0) is 17.7 Å². The molecular formula is C17H14O5S. The van der Waals surface area contributed by atoms with Crippen LogP contribution in [0.15, 0.2) is 53.4 Å². The highest BCUT2D eigenvalue weighted by Crippen LogP contribution is 2.37. The summed E-state index contributed by atoms with van der Waals surface area (Å²) in [5, 5.41) is 0. The maximum atomic E-state index is 12.4. The Bertz CT molecular complexity index is 883. The maximum Gasteiger partial charge on any atom is 0.216 e. The number of hydrogen-bond donors (Lipinski definition) is 0.